The summed E-state index contributed by atoms with van der Waals surface area (Å²) in [4.78, 5) is 47.3. The summed E-state index contributed by atoms with van der Waals surface area (Å²) in [6, 6.07) is 10.5. The van der Waals surface area contributed by atoms with Crippen LogP contribution in [0.4, 0.5) is 22.7 Å². The van der Waals surface area contributed by atoms with Gasteiger partial charge in [0.25, 0.3) is 5.69 Å². The number of carbonyl (C=O) groups is 3. The molecule has 0 saturated heterocycles. The van der Waals surface area contributed by atoms with Gasteiger partial charge in [0.05, 0.1) is 22.7 Å². The Hall–Kier alpha value is -4.87. The minimum Gasteiger partial charge on any atom is -0.461 e. The lowest BCUT2D eigenvalue weighted by Gasteiger charge is -2.22. The van der Waals surface area contributed by atoms with Crippen LogP contribution in [0.3, 0.4) is 0 Å². The molecule has 0 amide bonds. The van der Waals surface area contributed by atoms with Crippen molar-refractivity contribution >= 4 is 40.7 Å². The summed E-state index contributed by atoms with van der Waals surface area (Å²) < 4.78 is 14.8. The van der Waals surface area contributed by atoms with Crippen molar-refractivity contribution in [3.05, 3.63) is 83.5 Å². The lowest BCUT2D eigenvalue weighted by atomic mass is 10.1. The first kappa shape index (κ1) is 28.4. The van der Waals surface area contributed by atoms with E-state index in [1.165, 1.54) is 12.1 Å². The summed E-state index contributed by atoms with van der Waals surface area (Å²) in [5.74, 6) is -2.05. The second-order valence-electron chi connectivity index (χ2n) is 7.13. The van der Waals surface area contributed by atoms with Crippen molar-refractivity contribution in [3.63, 3.8) is 0 Å². The number of carbonyl (C=O) groups excluding carboxylic acids is 3. The minimum absolute atomic E-state index is 0.0574. The maximum atomic E-state index is 12.5. The Morgan fingerprint density at radius 3 is 2.16 bits per heavy atom. The van der Waals surface area contributed by atoms with Gasteiger partial charge in [0, 0.05) is 36.5 Å². The SMILES string of the molecule is C=CC(=O)OCCOC(=O)c1cc([N+](=O)[O-])ccc1/N=N/c1ccc(N(CC)CCOC(=O)C=C)cc1. The van der Waals surface area contributed by atoms with Gasteiger partial charge in [-0.05, 0) is 37.3 Å². The second kappa shape index (κ2) is 14.5. The molecular formula is C25H26N4O8. The van der Waals surface area contributed by atoms with Gasteiger partial charge in [0.1, 0.15) is 25.5 Å². The molecular weight excluding hydrogens is 484 g/mol. The molecule has 0 aliphatic carbocycles. The lowest BCUT2D eigenvalue weighted by molar-refractivity contribution is -0.384. The number of nitro groups is 1. The smallest absolute Gasteiger partial charge is 0.340 e. The number of nitro benzene ring substituents is 1. The molecule has 0 radical (unpaired) electrons. The lowest BCUT2D eigenvalue weighted by Crippen LogP contribution is -2.27. The Bertz CT molecular complexity index is 1180. The molecule has 0 aliphatic heterocycles. The van der Waals surface area contributed by atoms with Gasteiger partial charge in [-0.1, -0.05) is 13.2 Å². The summed E-state index contributed by atoms with van der Waals surface area (Å²) in [7, 11) is 0. The second-order valence-corrected chi connectivity index (χ2v) is 7.13. The van der Waals surface area contributed by atoms with Crippen LogP contribution >= 0.6 is 0 Å². The number of hydrogen-bond acceptors (Lipinski definition) is 11. The van der Waals surface area contributed by atoms with E-state index in [4.69, 9.17) is 14.2 Å². The van der Waals surface area contributed by atoms with Crippen molar-refractivity contribution in [1.29, 1.82) is 0 Å². The van der Waals surface area contributed by atoms with Crippen LogP contribution in [0, 0.1) is 10.1 Å². The zero-order valence-corrected chi connectivity index (χ0v) is 20.2. The highest BCUT2D eigenvalue weighted by Crippen LogP contribution is 2.28. The predicted molar refractivity (Wildman–Crippen MR) is 134 cm³/mol. The van der Waals surface area contributed by atoms with E-state index in [-0.39, 0.29) is 36.8 Å². The van der Waals surface area contributed by atoms with Crippen LogP contribution in [0.1, 0.15) is 17.3 Å². The topological polar surface area (TPSA) is 150 Å². The van der Waals surface area contributed by atoms with E-state index in [1.54, 1.807) is 12.1 Å². The Balaban J connectivity index is 2.13. The van der Waals surface area contributed by atoms with Gasteiger partial charge in [-0.15, -0.1) is 5.11 Å². The molecule has 2 aromatic carbocycles. The third-order valence-corrected chi connectivity index (χ3v) is 4.78. The molecule has 0 saturated carbocycles. The molecule has 0 bridgehead atoms. The van der Waals surface area contributed by atoms with Gasteiger partial charge in [-0.3, -0.25) is 10.1 Å². The van der Waals surface area contributed by atoms with Crippen molar-refractivity contribution in [2.75, 3.05) is 37.8 Å². The normalized spacial score (nSPS) is 10.4. The quantitative estimate of drug-likeness (QED) is 0.0683. The summed E-state index contributed by atoms with van der Waals surface area (Å²) >= 11 is 0. The van der Waals surface area contributed by atoms with Gasteiger partial charge in [-0.2, -0.15) is 5.11 Å². The fourth-order valence-corrected chi connectivity index (χ4v) is 2.93. The molecule has 12 heteroatoms. The molecule has 37 heavy (non-hydrogen) atoms. The molecule has 0 unspecified atom stereocenters. The first-order chi connectivity index (χ1) is 17.8. The molecule has 194 valence electrons. The van der Waals surface area contributed by atoms with E-state index >= 15 is 0 Å². The largest absolute Gasteiger partial charge is 0.461 e. The van der Waals surface area contributed by atoms with Gasteiger partial charge in [0.2, 0.25) is 0 Å². The van der Waals surface area contributed by atoms with E-state index in [1.807, 2.05) is 24.0 Å². The first-order valence-corrected chi connectivity index (χ1v) is 11.1. The Kier molecular flexibility index (Phi) is 11.1. The highest BCUT2D eigenvalue weighted by atomic mass is 16.6. The third-order valence-electron chi connectivity index (χ3n) is 4.78. The van der Waals surface area contributed by atoms with Gasteiger partial charge in [-0.25, -0.2) is 14.4 Å². The van der Waals surface area contributed by atoms with E-state index in [0.29, 0.717) is 18.8 Å². The van der Waals surface area contributed by atoms with Gasteiger partial charge >= 0.3 is 17.9 Å². The number of rotatable bonds is 14. The zero-order valence-electron chi connectivity index (χ0n) is 20.2. The molecule has 0 atom stereocenters. The van der Waals surface area contributed by atoms with Crippen LogP contribution in [0.5, 0.6) is 0 Å². The zero-order chi connectivity index (χ0) is 27.2. The van der Waals surface area contributed by atoms with Crippen molar-refractivity contribution in [1.82, 2.24) is 0 Å². The minimum atomic E-state index is -0.890. The summed E-state index contributed by atoms with van der Waals surface area (Å²) in [5, 5.41) is 19.3. The number of non-ortho nitro benzene ring substituents is 1. The van der Waals surface area contributed by atoms with Crippen LogP contribution in [0.15, 0.2) is 78.0 Å². The fraction of sp³-hybridized carbons (Fsp3) is 0.240. The first-order valence-electron chi connectivity index (χ1n) is 11.1. The number of benzene rings is 2. The van der Waals surface area contributed by atoms with Crippen molar-refractivity contribution in [3.8, 4) is 0 Å². The van der Waals surface area contributed by atoms with Crippen LogP contribution in [-0.2, 0) is 23.8 Å². The third kappa shape index (κ3) is 9.02. The Morgan fingerprint density at radius 2 is 1.57 bits per heavy atom. The Morgan fingerprint density at radius 1 is 0.946 bits per heavy atom. The molecule has 0 fully saturated rings. The molecule has 2 aromatic rings. The number of nitrogens with zero attached hydrogens (tertiary/aromatic N) is 4. The Labute approximate surface area is 213 Å². The summed E-state index contributed by atoms with van der Waals surface area (Å²) in [6.45, 7) is 9.46. The van der Waals surface area contributed by atoms with E-state index in [2.05, 4.69) is 23.4 Å². The van der Waals surface area contributed by atoms with Crippen LogP contribution in [0.25, 0.3) is 0 Å². The number of esters is 3. The average molecular weight is 511 g/mol. The van der Waals surface area contributed by atoms with Crippen molar-refractivity contribution < 1.29 is 33.5 Å². The predicted octanol–water partition coefficient (Wildman–Crippen LogP) is 4.45. The number of hydrogen-bond donors (Lipinski definition) is 0. The molecule has 12 nitrogen and oxygen atoms in total. The molecule has 0 aromatic heterocycles. The maximum Gasteiger partial charge on any atom is 0.340 e. The van der Waals surface area contributed by atoms with Gasteiger partial charge < -0.3 is 19.1 Å². The average Bonchev–Trinajstić information content (AvgIpc) is 2.92. The monoisotopic (exact) mass is 510 g/mol. The van der Waals surface area contributed by atoms with Crippen molar-refractivity contribution in [2.45, 2.75) is 6.92 Å². The van der Waals surface area contributed by atoms with E-state index in [9.17, 15) is 24.5 Å². The van der Waals surface area contributed by atoms with E-state index < -0.39 is 22.8 Å². The van der Waals surface area contributed by atoms with Crippen molar-refractivity contribution in [2.24, 2.45) is 10.2 Å². The standard InChI is InChI=1S/C25H26N4O8/c1-4-23(30)35-14-13-28(6-3)19-9-7-18(8-10-19)26-27-22-12-11-20(29(33)34)17-21(22)25(32)37-16-15-36-24(31)5-2/h4-5,7-12,17H,1-2,6,13-16H2,3H3/b27-26+. The molecule has 2 rings (SSSR count). The molecule has 0 spiro atoms. The molecule has 0 aliphatic rings. The van der Waals surface area contributed by atoms with Crippen LogP contribution in [0.2, 0.25) is 0 Å². The highest BCUT2D eigenvalue weighted by molar-refractivity contribution is 5.95. The fourth-order valence-electron chi connectivity index (χ4n) is 2.93. The molecule has 0 heterocycles. The highest BCUT2D eigenvalue weighted by Gasteiger charge is 2.18. The summed E-state index contributed by atoms with van der Waals surface area (Å²) in [5.41, 5.74) is 0.893. The summed E-state index contributed by atoms with van der Waals surface area (Å²) in [6.07, 6.45) is 2.07. The van der Waals surface area contributed by atoms with Gasteiger partial charge in [0.15, 0.2) is 0 Å². The van der Waals surface area contributed by atoms with Crippen LogP contribution < -0.4 is 4.90 Å². The number of azo groups is 1. The molecule has 0 N–H and O–H groups in total. The van der Waals surface area contributed by atoms with E-state index in [0.717, 1.165) is 23.9 Å². The maximum absolute atomic E-state index is 12.5. The number of anilines is 1. The number of likely N-dealkylation sites (N-methyl/N-ethyl adjacent to an activating group) is 1. The van der Waals surface area contributed by atoms with Crippen LogP contribution in [-0.4, -0.2) is 55.7 Å². The number of ether oxygens (including phenoxy) is 3.